The number of fused-ring (bicyclic) bond motifs is 1. The van der Waals surface area contributed by atoms with Crippen LogP contribution in [-0.2, 0) is 16.4 Å². The van der Waals surface area contributed by atoms with Gasteiger partial charge in [0.1, 0.15) is 17.0 Å². The summed E-state index contributed by atoms with van der Waals surface area (Å²) in [4.78, 5) is 11.7. The fourth-order valence-electron chi connectivity index (χ4n) is 6.55. The van der Waals surface area contributed by atoms with E-state index in [0.717, 1.165) is 60.8 Å². The highest BCUT2D eigenvalue weighted by molar-refractivity contribution is 7.88. The molecule has 8 nitrogen and oxygen atoms in total. The van der Waals surface area contributed by atoms with Gasteiger partial charge in [0.15, 0.2) is 0 Å². The lowest BCUT2D eigenvalue weighted by atomic mass is 9.65. The molecule has 1 unspecified atom stereocenters. The molecule has 0 radical (unpaired) electrons. The Labute approximate surface area is 241 Å². The van der Waals surface area contributed by atoms with Gasteiger partial charge < -0.3 is 10.2 Å². The molecule has 1 atom stereocenters. The minimum absolute atomic E-state index is 0.161. The third kappa shape index (κ3) is 6.01. The summed E-state index contributed by atoms with van der Waals surface area (Å²) < 4.78 is 63.4. The molecule has 2 saturated heterocycles. The van der Waals surface area contributed by atoms with Crippen molar-refractivity contribution in [3.05, 3.63) is 47.1 Å². The number of hydrogen-bond donors (Lipinski definition) is 1. The van der Waals surface area contributed by atoms with Crippen LogP contribution in [0.25, 0.3) is 10.2 Å². The van der Waals surface area contributed by atoms with Crippen LogP contribution in [0.5, 0.6) is 0 Å². The van der Waals surface area contributed by atoms with Gasteiger partial charge in [0.2, 0.25) is 10.0 Å². The minimum Gasteiger partial charge on any atom is -0.382 e. The average molecular weight is 605 g/mol. The van der Waals surface area contributed by atoms with Gasteiger partial charge in [0.25, 0.3) is 0 Å². The molecule has 3 fully saturated rings. The molecule has 4 heterocycles. The molecule has 3 aliphatic rings. The van der Waals surface area contributed by atoms with Crippen LogP contribution in [0.2, 0.25) is 0 Å². The number of nitriles is 1. The van der Waals surface area contributed by atoms with Crippen LogP contribution in [0.15, 0.2) is 36.7 Å². The number of alkyl halides is 3. The van der Waals surface area contributed by atoms with Crippen LogP contribution in [0.3, 0.4) is 0 Å². The van der Waals surface area contributed by atoms with E-state index in [1.54, 1.807) is 6.07 Å². The highest BCUT2D eigenvalue weighted by Gasteiger charge is 2.49. The van der Waals surface area contributed by atoms with Crippen molar-refractivity contribution in [2.24, 2.45) is 11.3 Å². The molecule has 1 spiro atoms. The van der Waals surface area contributed by atoms with E-state index in [1.807, 2.05) is 24.3 Å². The van der Waals surface area contributed by atoms with Gasteiger partial charge in [-0.3, -0.25) is 0 Å². The average Bonchev–Trinajstić information content (AvgIpc) is 3.46. The van der Waals surface area contributed by atoms with Crippen LogP contribution in [0.1, 0.15) is 42.0 Å². The summed E-state index contributed by atoms with van der Waals surface area (Å²) in [7, 11) is -3.16. The van der Waals surface area contributed by atoms with Gasteiger partial charge in [-0.05, 0) is 60.8 Å². The molecule has 6 rings (SSSR count). The summed E-state index contributed by atoms with van der Waals surface area (Å²) in [6, 6.07) is 12.3. The molecule has 41 heavy (non-hydrogen) atoms. The Morgan fingerprint density at radius 1 is 1.22 bits per heavy atom. The number of hydrogen-bond acceptors (Lipinski definition) is 8. The number of rotatable bonds is 8. The molecule has 0 bridgehead atoms. The van der Waals surface area contributed by atoms with Crippen LogP contribution in [0, 0.1) is 22.7 Å². The topological polar surface area (TPSA) is 102 Å². The zero-order chi connectivity index (χ0) is 29.0. The predicted molar refractivity (Wildman–Crippen MR) is 152 cm³/mol. The molecular formula is C28H31F3N6O2S2. The van der Waals surface area contributed by atoms with Crippen LogP contribution in [-0.4, -0.2) is 67.3 Å². The first-order valence-electron chi connectivity index (χ1n) is 13.7. The molecule has 218 valence electrons. The van der Waals surface area contributed by atoms with E-state index in [-0.39, 0.29) is 22.1 Å². The minimum atomic E-state index is -4.25. The standard InChI is InChI=1S/C28H31F3N6O2S2/c1-41(38,39)37-14-18(15-37)8-20(13-32)19-2-4-21(5-3-19)35-22-10-27(11-22)6-7-36(16-27)25-24-9-23(12-28(29,30)31)40-26(24)34-17-33-25/h2-5,9,17-18,20,22,35H,6-8,10-12,14-16H2,1H3. The Morgan fingerprint density at radius 3 is 2.61 bits per heavy atom. The van der Waals surface area contributed by atoms with Gasteiger partial charge in [-0.1, -0.05) is 12.1 Å². The van der Waals surface area contributed by atoms with Crippen molar-refractivity contribution in [3.8, 4) is 6.07 Å². The maximum atomic E-state index is 12.9. The van der Waals surface area contributed by atoms with Crippen LogP contribution in [0.4, 0.5) is 24.7 Å². The normalized spacial score (nSPS) is 24.3. The number of thiophene rings is 1. The van der Waals surface area contributed by atoms with Gasteiger partial charge in [0.05, 0.1) is 30.0 Å². The Hall–Kier alpha value is -2.95. The third-order valence-electron chi connectivity index (χ3n) is 8.63. The van der Waals surface area contributed by atoms with Crippen molar-refractivity contribution in [1.82, 2.24) is 14.3 Å². The maximum Gasteiger partial charge on any atom is 0.393 e. The molecule has 3 aromatic rings. The lowest BCUT2D eigenvalue weighted by Crippen LogP contribution is -2.49. The molecule has 1 aromatic carbocycles. The third-order valence-corrected chi connectivity index (χ3v) is 10.9. The first kappa shape index (κ1) is 28.2. The van der Waals surface area contributed by atoms with Gasteiger partial charge >= 0.3 is 6.18 Å². The number of benzene rings is 1. The lowest BCUT2D eigenvalue weighted by Gasteiger charge is -2.46. The Bertz CT molecular complexity index is 1570. The summed E-state index contributed by atoms with van der Waals surface area (Å²) in [5, 5.41) is 14.0. The number of aromatic nitrogens is 2. The van der Waals surface area contributed by atoms with E-state index in [4.69, 9.17) is 0 Å². The van der Waals surface area contributed by atoms with E-state index in [1.165, 1.54) is 16.9 Å². The van der Waals surface area contributed by atoms with Crippen molar-refractivity contribution >= 4 is 43.1 Å². The number of nitrogens with one attached hydrogen (secondary N) is 1. The number of anilines is 2. The van der Waals surface area contributed by atoms with Crippen molar-refractivity contribution in [1.29, 1.82) is 5.26 Å². The largest absolute Gasteiger partial charge is 0.393 e. The van der Waals surface area contributed by atoms with Crippen LogP contribution < -0.4 is 10.2 Å². The van der Waals surface area contributed by atoms with Crippen molar-refractivity contribution in [3.63, 3.8) is 0 Å². The zero-order valence-corrected chi connectivity index (χ0v) is 24.2. The smallest absolute Gasteiger partial charge is 0.382 e. The highest BCUT2D eigenvalue weighted by atomic mass is 32.2. The highest BCUT2D eigenvalue weighted by Crippen LogP contribution is 2.50. The fourth-order valence-corrected chi connectivity index (χ4v) is 8.54. The first-order valence-corrected chi connectivity index (χ1v) is 16.3. The van der Waals surface area contributed by atoms with E-state index >= 15 is 0 Å². The van der Waals surface area contributed by atoms with E-state index in [9.17, 15) is 26.9 Å². The van der Waals surface area contributed by atoms with Gasteiger partial charge in [-0.2, -0.15) is 18.4 Å². The van der Waals surface area contributed by atoms with Gasteiger partial charge in [-0.25, -0.2) is 22.7 Å². The van der Waals surface area contributed by atoms with E-state index < -0.39 is 22.6 Å². The van der Waals surface area contributed by atoms with Crippen LogP contribution >= 0.6 is 11.3 Å². The second-order valence-corrected chi connectivity index (χ2v) is 14.9. The molecular weight excluding hydrogens is 573 g/mol. The quantitative estimate of drug-likeness (QED) is 0.379. The molecule has 2 aliphatic heterocycles. The summed E-state index contributed by atoms with van der Waals surface area (Å²) in [5.41, 5.74) is 2.10. The molecule has 2 aromatic heterocycles. The summed E-state index contributed by atoms with van der Waals surface area (Å²) >= 11 is 1.08. The summed E-state index contributed by atoms with van der Waals surface area (Å²) in [6.07, 6.45) is 1.11. The van der Waals surface area contributed by atoms with Crippen molar-refractivity contribution in [2.75, 3.05) is 42.7 Å². The summed E-state index contributed by atoms with van der Waals surface area (Å²) in [5.74, 6) is 0.652. The SMILES string of the molecule is CS(=O)(=O)N1CC(CC(C#N)c2ccc(NC3CC4(CCN(c5ncnc6sc(CC(F)(F)F)cc56)C4)C3)cc2)C1. The zero-order valence-electron chi connectivity index (χ0n) is 22.6. The molecule has 1 N–H and O–H groups in total. The summed E-state index contributed by atoms with van der Waals surface area (Å²) in [6.45, 7) is 2.59. The monoisotopic (exact) mass is 604 g/mol. The Balaban J connectivity index is 1.02. The second kappa shape index (κ2) is 10.4. The van der Waals surface area contributed by atoms with Crippen molar-refractivity contribution < 1.29 is 21.6 Å². The van der Waals surface area contributed by atoms with Gasteiger partial charge in [-0.15, -0.1) is 11.3 Å². The molecule has 1 aliphatic carbocycles. The lowest BCUT2D eigenvalue weighted by molar-refractivity contribution is -0.126. The first-order chi connectivity index (χ1) is 19.4. The predicted octanol–water partition coefficient (Wildman–Crippen LogP) is 5.16. The maximum absolute atomic E-state index is 12.9. The van der Waals surface area contributed by atoms with E-state index in [2.05, 4.69) is 26.3 Å². The fraction of sp³-hybridized carbons (Fsp3) is 0.536. The second-order valence-electron chi connectivity index (χ2n) is 11.8. The number of halogens is 3. The molecule has 13 heteroatoms. The van der Waals surface area contributed by atoms with Crippen molar-refractivity contribution in [2.45, 2.75) is 50.2 Å². The Morgan fingerprint density at radius 2 is 1.95 bits per heavy atom. The molecule has 1 saturated carbocycles. The Kier molecular flexibility index (Phi) is 7.15. The van der Waals surface area contributed by atoms with E-state index in [0.29, 0.717) is 35.8 Å². The number of sulfonamides is 1. The van der Waals surface area contributed by atoms with Gasteiger partial charge in [0, 0.05) is 42.8 Å². The molecule has 0 amide bonds. The number of nitrogens with zero attached hydrogens (tertiary/aromatic N) is 5.